The van der Waals surface area contributed by atoms with Gasteiger partial charge < -0.3 is 25.4 Å². The normalized spacial score (nSPS) is 12.7. The number of nitrogens with one attached hydrogen (secondary N) is 2. The number of aliphatic hydroxyl groups excluding tert-OH is 1. The minimum Gasteiger partial charge on any atom is -0.506 e. The Hall–Kier alpha value is -2.58. The molecule has 2 heterocycles. The number of rotatable bonds is 8. The zero-order valence-electron chi connectivity index (χ0n) is 17.0. The molecule has 2 aromatic heterocycles. The van der Waals surface area contributed by atoms with Crippen molar-refractivity contribution in [2.75, 3.05) is 17.2 Å². The molecule has 0 aliphatic carbocycles. The first-order valence-electron chi connectivity index (χ1n) is 9.64. The summed E-state index contributed by atoms with van der Waals surface area (Å²) in [5.74, 6) is 1.19. The highest BCUT2D eigenvalue weighted by Gasteiger charge is 2.18. The summed E-state index contributed by atoms with van der Waals surface area (Å²) in [5.41, 5.74) is 1.98. The molecular weight excluding hydrogens is 392 g/mol. The van der Waals surface area contributed by atoms with E-state index in [1.165, 1.54) is 0 Å². The maximum Gasteiger partial charge on any atom is 0.227 e. The van der Waals surface area contributed by atoms with E-state index in [2.05, 4.69) is 39.4 Å². The molecular formula is C20H27ClN6O2. The van der Waals surface area contributed by atoms with E-state index in [9.17, 15) is 10.2 Å². The van der Waals surface area contributed by atoms with Gasteiger partial charge in [0.25, 0.3) is 0 Å². The van der Waals surface area contributed by atoms with Gasteiger partial charge in [0.1, 0.15) is 5.75 Å². The van der Waals surface area contributed by atoms with E-state index in [4.69, 9.17) is 11.6 Å². The summed E-state index contributed by atoms with van der Waals surface area (Å²) in [5, 5.41) is 26.6. The second kappa shape index (κ2) is 8.84. The molecule has 29 heavy (non-hydrogen) atoms. The maximum absolute atomic E-state index is 10.2. The van der Waals surface area contributed by atoms with Gasteiger partial charge in [-0.15, -0.1) is 0 Å². The van der Waals surface area contributed by atoms with Crippen LogP contribution in [-0.4, -0.2) is 42.4 Å². The van der Waals surface area contributed by atoms with E-state index < -0.39 is 0 Å². The van der Waals surface area contributed by atoms with E-state index in [1.807, 2.05) is 18.4 Å². The van der Waals surface area contributed by atoms with Gasteiger partial charge in [-0.05, 0) is 25.8 Å². The van der Waals surface area contributed by atoms with Crippen LogP contribution in [0.15, 0.2) is 24.5 Å². The molecule has 0 aliphatic rings. The molecule has 0 fully saturated rings. The third kappa shape index (κ3) is 4.54. The molecule has 0 radical (unpaired) electrons. The highest BCUT2D eigenvalue weighted by molar-refractivity contribution is 6.32. The lowest BCUT2D eigenvalue weighted by atomic mass is 10.1. The number of aliphatic hydroxyl groups is 1. The Balaban J connectivity index is 1.98. The number of halogens is 1. The second-order valence-electron chi connectivity index (χ2n) is 7.59. The van der Waals surface area contributed by atoms with Crippen LogP contribution in [0.25, 0.3) is 11.2 Å². The Morgan fingerprint density at radius 1 is 1.17 bits per heavy atom. The maximum atomic E-state index is 10.2. The third-order valence-electron chi connectivity index (χ3n) is 4.81. The summed E-state index contributed by atoms with van der Waals surface area (Å²) in [6.07, 6.45) is 1.74. The number of benzene rings is 1. The highest BCUT2D eigenvalue weighted by Crippen LogP contribution is 2.29. The van der Waals surface area contributed by atoms with Crippen LogP contribution in [0.1, 0.15) is 39.3 Å². The number of fused-ring (bicyclic) bond motifs is 1. The molecule has 1 unspecified atom stereocenters. The third-order valence-corrected chi connectivity index (χ3v) is 5.12. The average Bonchev–Trinajstić information content (AvgIpc) is 3.11. The molecule has 0 amide bonds. The summed E-state index contributed by atoms with van der Waals surface area (Å²) < 4.78 is 1.97. The summed E-state index contributed by atoms with van der Waals surface area (Å²) >= 11 is 6.00. The topological polar surface area (TPSA) is 108 Å². The molecule has 8 nitrogen and oxygen atoms in total. The molecule has 0 bridgehead atoms. The van der Waals surface area contributed by atoms with Gasteiger partial charge >= 0.3 is 0 Å². The Kier molecular flexibility index (Phi) is 6.44. The number of hydrogen-bond donors (Lipinski definition) is 4. The van der Waals surface area contributed by atoms with E-state index in [0.29, 0.717) is 40.1 Å². The smallest absolute Gasteiger partial charge is 0.227 e. The number of aromatic hydroxyl groups is 1. The minimum atomic E-state index is -0.173. The Morgan fingerprint density at radius 2 is 1.93 bits per heavy atom. The largest absolute Gasteiger partial charge is 0.506 e. The van der Waals surface area contributed by atoms with Crippen LogP contribution in [0.5, 0.6) is 5.75 Å². The van der Waals surface area contributed by atoms with Crippen LogP contribution < -0.4 is 10.6 Å². The number of phenolic OH excluding ortho intramolecular Hbond substituents is 1. The van der Waals surface area contributed by atoms with Gasteiger partial charge in [0.15, 0.2) is 17.0 Å². The lowest BCUT2D eigenvalue weighted by molar-refractivity contribution is 0.248. The van der Waals surface area contributed by atoms with E-state index in [0.717, 1.165) is 0 Å². The van der Waals surface area contributed by atoms with Gasteiger partial charge in [0, 0.05) is 18.2 Å². The molecule has 0 saturated heterocycles. The van der Waals surface area contributed by atoms with Crippen molar-refractivity contribution in [1.29, 1.82) is 0 Å². The van der Waals surface area contributed by atoms with E-state index >= 15 is 0 Å². The SMILES string of the molecule is CC(C)C(CO)Nc1nc(NCc2cccc(Cl)c2O)c2ncn(C(C)C)c2n1. The minimum absolute atomic E-state index is 0.0261. The van der Waals surface area contributed by atoms with Crippen LogP contribution in [0.3, 0.4) is 0 Å². The fourth-order valence-corrected chi connectivity index (χ4v) is 3.15. The van der Waals surface area contributed by atoms with Crippen LogP contribution in [0.4, 0.5) is 11.8 Å². The average molecular weight is 419 g/mol. The molecule has 1 aromatic carbocycles. The number of imidazole rings is 1. The van der Waals surface area contributed by atoms with Gasteiger partial charge in [-0.25, -0.2) is 4.98 Å². The number of phenols is 1. The number of aromatic nitrogens is 4. The molecule has 9 heteroatoms. The van der Waals surface area contributed by atoms with Crippen molar-refractivity contribution in [2.24, 2.45) is 5.92 Å². The fraction of sp³-hybridized carbons (Fsp3) is 0.450. The van der Waals surface area contributed by atoms with Gasteiger partial charge in [-0.2, -0.15) is 9.97 Å². The monoisotopic (exact) mass is 418 g/mol. The van der Waals surface area contributed by atoms with Crippen molar-refractivity contribution >= 4 is 34.5 Å². The highest BCUT2D eigenvalue weighted by atomic mass is 35.5. The van der Waals surface area contributed by atoms with E-state index in [1.54, 1.807) is 24.5 Å². The van der Waals surface area contributed by atoms with Crippen molar-refractivity contribution in [3.8, 4) is 5.75 Å². The Labute approximate surface area is 175 Å². The van der Waals surface area contributed by atoms with Crippen LogP contribution in [0, 0.1) is 5.92 Å². The Morgan fingerprint density at radius 3 is 2.59 bits per heavy atom. The van der Waals surface area contributed by atoms with Crippen molar-refractivity contribution < 1.29 is 10.2 Å². The molecule has 156 valence electrons. The standard InChI is InChI=1S/C20H27ClN6O2/c1-11(2)15(9-28)24-20-25-18(16-19(26-20)27(10-23-16)12(3)4)22-8-13-6-5-7-14(21)17(13)29/h5-7,10-12,15,28-29H,8-9H2,1-4H3,(H2,22,24,25,26). The van der Waals surface area contributed by atoms with Crippen LogP contribution in [-0.2, 0) is 6.54 Å². The molecule has 0 aliphatic heterocycles. The number of nitrogens with zero attached hydrogens (tertiary/aromatic N) is 4. The van der Waals surface area contributed by atoms with Gasteiger partial charge in [0.2, 0.25) is 5.95 Å². The van der Waals surface area contributed by atoms with Crippen molar-refractivity contribution in [3.63, 3.8) is 0 Å². The van der Waals surface area contributed by atoms with Gasteiger partial charge in [-0.1, -0.05) is 37.6 Å². The predicted molar refractivity (Wildman–Crippen MR) is 115 cm³/mol. The predicted octanol–water partition coefficient (Wildman–Crippen LogP) is 3.81. The number of anilines is 2. The van der Waals surface area contributed by atoms with Crippen molar-refractivity contribution in [3.05, 3.63) is 35.1 Å². The lowest BCUT2D eigenvalue weighted by Gasteiger charge is -2.20. The first-order valence-corrected chi connectivity index (χ1v) is 10.0. The molecule has 0 saturated carbocycles. The molecule has 1 atom stereocenters. The van der Waals surface area contributed by atoms with Crippen LogP contribution in [0.2, 0.25) is 5.02 Å². The zero-order valence-corrected chi connectivity index (χ0v) is 17.8. The van der Waals surface area contributed by atoms with Crippen molar-refractivity contribution in [1.82, 2.24) is 19.5 Å². The molecule has 0 spiro atoms. The van der Waals surface area contributed by atoms with Crippen molar-refractivity contribution in [2.45, 2.75) is 46.3 Å². The van der Waals surface area contributed by atoms with Gasteiger partial charge in [0.05, 0.1) is 24.0 Å². The van der Waals surface area contributed by atoms with Crippen LogP contribution >= 0.6 is 11.6 Å². The summed E-state index contributed by atoms with van der Waals surface area (Å²) in [7, 11) is 0. The number of para-hydroxylation sites is 1. The first kappa shape index (κ1) is 21.1. The molecule has 3 aromatic rings. The second-order valence-corrected chi connectivity index (χ2v) is 8.00. The summed E-state index contributed by atoms with van der Waals surface area (Å²) in [4.78, 5) is 13.7. The van der Waals surface area contributed by atoms with Gasteiger partial charge in [-0.3, -0.25) is 0 Å². The molecule has 3 rings (SSSR count). The quantitative estimate of drug-likeness (QED) is 0.440. The summed E-state index contributed by atoms with van der Waals surface area (Å²) in [6, 6.07) is 5.21. The first-order chi connectivity index (χ1) is 13.8. The lowest BCUT2D eigenvalue weighted by Crippen LogP contribution is -2.30. The molecule has 4 N–H and O–H groups in total. The fourth-order valence-electron chi connectivity index (χ4n) is 2.95. The van der Waals surface area contributed by atoms with E-state index in [-0.39, 0.29) is 30.4 Å². The summed E-state index contributed by atoms with van der Waals surface area (Å²) in [6.45, 7) is 8.44. The zero-order chi connectivity index (χ0) is 21.1. The Bertz CT molecular complexity index is 989. The number of hydrogen-bond acceptors (Lipinski definition) is 7.